The predicted octanol–water partition coefficient (Wildman–Crippen LogP) is 0.906. The first-order valence-electron chi connectivity index (χ1n) is 6.39. The van der Waals surface area contributed by atoms with Crippen LogP contribution in [0.15, 0.2) is 0 Å². The number of carbonyl (C=O) groups is 1. The summed E-state index contributed by atoms with van der Waals surface area (Å²) >= 11 is 0. The molecular formula is C13H23N3O2. The van der Waals surface area contributed by atoms with Crippen molar-refractivity contribution < 1.29 is 9.53 Å². The summed E-state index contributed by atoms with van der Waals surface area (Å²) in [5, 5.41) is 12.3. The lowest BCUT2D eigenvalue weighted by atomic mass is 9.87. The number of carbonyl (C=O) groups excluding carboxylic acids is 1. The Morgan fingerprint density at radius 2 is 2.11 bits per heavy atom. The van der Waals surface area contributed by atoms with Crippen molar-refractivity contribution in [3.8, 4) is 6.07 Å². The van der Waals surface area contributed by atoms with Gasteiger partial charge in [0.05, 0.1) is 6.07 Å². The standard InChI is InChI=1S/C13H23N3O2/c1-5-12(2,18-4)11(17)15-13(10-14)6-8-16(3)9-7-13/h5-9H2,1-4H3,(H,15,17). The number of hydrogen-bond acceptors (Lipinski definition) is 4. The highest BCUT2D eigenvalue weighted by atomic mass is 16.5. The normalized spacial score (nSPS) is 22.8. The van der Waals surface area contributed by atoms with Crippen molar-refractivity contribution in [3.63, 3.8) is 0 Å². The van der Waals surface area contributed by atoms with Crippen LogP contribution in [0.1, 0.15) is 33.1 Å². The molecule has 0 spiro atoms. The number of ether oxygens (including phenoxy) is 1. The van der Waals surface area contributed by atoms with Crippen LogP contribution < -0.4 is 5.32 Å². The number of amides is 1. The Balaban J connectivity index is 2.75. The van der Waals surface area contributed by atoms with E-state index in [9.17, 15) is 10.1 Å². The van der Waals surface area contributed by atoms with E-state index in [2.05, 4.69) is 16.3 Å². The molecule has 1 N–H and O–H groups in total. The largest absolute Gasteiger partial charge is 0.369 e. The van der Waals surface area contributed by atoms with Gasteiger partial charge in [0.15, 0.2) is 0 Å². The van der Waals surface area contributed by atoms with Gasteiger partial charge < -0.3 is 15.0 Å². The van der Waals surface area contributed by atoms with E-state index in [0.717, 1.165) is 13.1 Å². The molecule has 18 heavy (non-hydrogen) atoms. The molecule has 0 aromatic carbocycles. The molecule has 0 aliphatic carbocycles. The zero-order chi connectivity index (χ0) is 13.8. The highest BCUT2D eigenvalue weighted by molar-refractivity contribution is 5.85. The van der Waals surface area contributed by atoms with Crippen LogP contribution in [0.25, 0.3) is 0 Å². The second kappa shape index (κ2) is 5.68. The highest BCUT2D eigenvalue weighted by Gasteiger charge is 2.40. The lowest BCUT2D eigenvalue weighted by molar-refractivity contribution is -0.143. The minimum atomic E-state index is -0.854. The van der Waals surface area contributed by atoms with Crippen molar-refractivity contribution in [2.45, 2.75) is 44.2 Å². The van der Waals surface area contributed by atoms with E-state index in [0.29, 0.717) is 19.3 Å². The zero-order valence-corrected chi connectivity index (χ0v) is 11.7. The predicted molar refractivity (Wildman–Crippen MR) is 68.9 cm³/mol. The Bertz CT molecular complexity index is 337. The molecule has 1 unspecified atom stereocenters. The summed E-state index contributed by atoms with van der Waals surface area (Å²) in [7, 11) is 3.55. The summed E-state index contributed by atoms with van der Waals surface area (Å²) in [6.45, 7) is 5.30. The molecule has 5 nitrogen and oxygen atoms in total. The van der Waals surface area contributed by atoms with Crippen molar-refractivity contribution in [3.05, 3.63) is 0 Å². The number of nitrogens with zero attached hydrogens (tertiary/aromatic N) is 2. The van der Waals surface area contributed by atoms with Crippen molar-refractivity contribution in [2.24, 2.45) is 0 Å². The molecule has 5 heteroatoms. The van der Waals surface area contributed by atoms with Gasteiger partial charge in [-0.1, -0.05) is 6.92 Å². The Morgan fingerprint density at radius 3 is 2.50 bits per heavy atom. The van der Waals surface area contributed by atoms with Crippen LogP contribution in [0.2, 0.25) is 0 Å². The van der Waals surface area contributed by atoms with Gasteiger partial charge in [-0.05, 0) is 33.2 Å². The number of likely N-dealkylation sites (tertiary alicyclic amines) is 1. The van der Waals surface area contributed by atoms with Crippen LogP contribution in [0.5, 0.6) is 0 Å². The second-order valence-electron chi connectivity index (χ2n) is 5.24. The number of nitriles is 1. The van der Waals surface area contributed by atoms with Crippen molar-refractivity contribution in [1.82, 2.24) is 10.2 Å². The third-order valence-corrected chi connectivity index (χ3v) is 4.01. The Labute approximate surface area is 109 Å². The van der Waals surface area contributed by atoms with Crippen molar-refractivity contribution in [1.29, 1.82) is 5.26 Å². The summed E-state index contributed by atoms with van der Waals surface area (Å²) in [6.07, 6.45) is 1.90. The number of rotatable bonds is 4. The van der Waals surface area contributed by atoms with Gasteiger partial charge >= 0.3 is 0 Å². The molecule has 1 aliphatic rings. The minimum absolute atomic E-state index is 0.196. The first-order chi connectivity index (χ1) is 8.41. The van der Waals surface area contributed by atoms with E-state index in [-0.39, 0.29) is 5.91 Å². The van der Waals surface area contributed by atoms with E-state index < -0.39 is 11.1 Å². The topological polar surface area (TPSA) is 65.4 Å². The van der Waals surface area contributed by atoms with Crippen molar-refractivity contribution in [2.75, 3.05) is 27.2 Å². The molecule has 1 rings (SSSR count). The lowest BCUT2D eigenvalue weighted by Crippen LogP contribution is -2.58. The maximum atomic E-state index is 12.2. The summed E-state index contributed by atoms with van der Waals surface area (Å²) < 4.78 is 5.27. The smallest absolute Gasteiger partial charge is 0.253 e. The fraction of sp³-hybridized carbons (Fsp3) is 0.846. The van der Waals surface area contributed by atoms with Crippen LogP contribution >= 0.6 is 0 Å². The van der Waals surface area contributed by atoms with Crippen molar-refractivity contribution >= 4 is 5.91 Å². The van der Waals surface area contributed by atoms with Crippen LogP contribution in [-0.2, 0) is 9.53 Å². The average molecular weight is 253 g/mol. The molecule has 0 radical (unpaired) electrons. The Kier molecular flexibility index (Phi) is 4.71. The number of nitrogens with one attached hydrogen (secondary N) is 1. The minimum Gasteiger partial charge on any atom is -0.369 e. The van der Waals surface area contributed by atoms with E-state index in [4.69, 9.17) is 4.74 Å². The SMILES string of the molecule is CCC(C)(OC)C(=O)NC1(C#N)CCN(C)CC1. The lowest BCUT2D eigenvalue weighted by Gasteiger charge is -2.38. The third-order valence-electron chi connectivity index (χ3n) is 4.01. The molecule has 0 saturated carbocycles. The van der Waals surface area contributed by atoms with Gasteiger partial charge in [0, 0.05) is 20.2 Å². The zero-order valence-electron chi connectivity index (χ0n) is 11.7. The van der Waals surface area contributed by atoms with Gasteiger partial charge in [-0.2, -0.15) is 5.26 Å². The molecule has 1 aliphatic heterocycles. The quantitative estimate of drug-likeness (QED) is 0.808. The maximum absolute atomic E-state index is 12.2. The summed E-state index contributed by atoms with van der Waals surface area (Å²) in [4.78, 5) is 14.4. The molecule has 1 fully saturated rings. The third kappa shape index (κ3) is 3.01. The number of methoxy groups -OCH3 is 1. The summed E-state index contributed by atoms with van der Waals surface area (Å²) in [5.74, 6) is -0.196. The highest BCUT2D eigenvalue weighted by Crippen LogP contribution is 2.23. The van der Waals surface area contributed by atoms with E-state index in [1.165, 1.54) is 7.11 Å². The monoisotopic (exact) mass is 253 g/mol. The molecule has 1 amide bonds. The van der Waals surface area contributed by atoms with E-state index in [1.54, 1.807) is 6.92 Å². The van der Waals surface area contributed by atoms with Gasteiger partial charge in [0.25, 0.3) is 5.91 Å². The fourth-order valence-corrected chi connectivity index (χ4v) is 2.01. The molecule has 1 saturated heterocycles. The summed E-state index contributed by atoms with van der Waals surface area (Å²) in [5.41, 5.74) is -1.59. The number of hydrogen-bond donors (Lipinski definition) is 1. The van der Waals surface area contributed by atoms with Gasteiger partial charge in [-0.3, -0.25) is 4.79 Å². The van der Waals surface area contributed by atoms with Crippen LogP contribution in [-0.4, -0.2) is 49.2 Å². The summed E-state index contributed by atoms with van der Waals surface area (Å²) in [6, 6.07) is 2.27. The molecule has 0 bridgehead atoms. The molecule has 1 heterocycles. The molecule has 0 aromatic heterocycles. The van der Waals surface area contributed by atoms with Crippen LogP contribution in [0, 0.1) is 11.3 Å². The van der Waals surface area contributed by atoms with Crippen LogP contribution in [0.3, 0.4) is 0 Å². The average Bonchev–Trinajstić information content (AvgIpc) is 2.40. The van der Waals surface area contributed by atoms with Gasteiger partial charge in [-0.15, -0.1) is 0 Å². The maximum Gasteiger partial charge on any atom is 0.253 e. The molecule has 102 valence electrons. The molecule has 0 aromatic rings. The van der Waals surface area contributed by atoms with E-state index in [1.807, 2.05) is 14.0 Å². The van der Waals surface area contributed by atoms with Gasteiger partial charge in [0.2, 0.25) is 0 Å². The van der Waals surface area contributed by atoms with Gasteiger partial charge in [-0.25, -0.2) is 0 Å². The Hall–Kier alpha value is -1.12. The molecule has 1 atom stereocenters. The first kappa shape index (κ1) is 14.9. The molecular weight excluding hydrogens is 230 g/mol. The fourth-order valence-electron chi connectivity index (χ4n) is 2.01. The Morgan fingerprint density at radius 1 is 1.56 bits per heavy atom. The second-order valence-corrected chi connectivity index (χ2v) is 5.24. The van der Waals surface area contributed by atoms with E-state index >= 15 is 0 Å². The number of piperidine rings is 1. The van der Waals surface area contributed by atoms with Crippen LogP contribution in [0.4, 0.5) is 0 Å². The van der Waals surface area contributed by atoms with Gasteiger partial charge in [0.1, 0.15) is 11.1 Å². The first-order valence-corrected chi connectivity index (χ1v) is 6.39.